The summed E-state index contributed by atoms with van der Waals surface area (Å²) >= 11 is 3.26. The molecular formula is C11H14BrNO2. The van der Waals surface area contributed by atoms with Crippen molar-refractivity contribution in [2.75, 3.05) is 5.33 Å². The van der Waals surface area contributed by atoms with Crippen molar-refractivity contribution < 1.29 is 9.21 Å². The van der Waals surface area contributed by atoms with Crippen LogP contribution in [0.2, 0.25) is 0 Å². The lowest BCUT2D eigenvalue weighted by Crippen LogP contribution is -2.30. The molecule has 1 unspecified atom stereocenters. The molecule has 15 heavy (non-hydrogen) atoms. The van der Waals surface area contributed by atoms with Crippen LogP contribution in [0.4, 0.5) is 0 Å². The molecule has 3 nitrogen and oxygen atoms in total. The molecule has 1 aliphatic rings. The Morgan fingerprint density at radius 1 is 1.67 bits per heavy atom. The highest BCUT2D eigenvalue weighted by Gasteiger charge is 2.23. The van der Waals surface area contributed by atoms with Gasteiger partial charge in [-0.2, -0.15) is 0 Å². The van der Waals surface area contributed by atoms with Crippen LogP contribution >= 0.6 is 15.9 Å². The second-order valence-corrected chi connectivity index (χ2v) is 4.54. The molecule has 1 heterocycles. The fraction of sp³-hybridized carbons (Fsp3) is 0.545. The number of hydrogen-bond acceptors (Lipinski definition) is 2. The van der Waals surface area contributed by atoms with Gasteiger partial charge in [0.15, 0.2) is 0 Å². The molecule has 1 aromatic rings. The summed E-state index contributed by atoms with van der Waals surface area (Å²) in [5, 5.41) is 3.75. The Balaban J connectivity index is 2.03. The van der Waals surface area contributed by atoms with Crippen molar-refractivity contribution in [1.29, 1.82) is 0 Å². The molecular weight excluding hydrogens is 258 g/mol. The zero-order chi connectivity index (χ0) is 10.7. The number of carbonyl (C=O) groups is 1. The number of alkyl halides is 1. The number of furan rings is 1. The van der Waals surface area contributed by atoms with E-state index in [4.69, 9.17) is 4.42 Å². The second kappa shape index (κ2) is 4.84. The standard InChI is InChI=1S/C11H14BrNO2/c12-6-4-11(14)13-9-2-1-3-10-8(9)5-7-15-10/h5,7,9H,1-4,6H2,(H,13,14). The molecule has 2 rings (SSSR count). The first-order valence-corrected chi connectivity index (χ1v) is 6.35. The Hall–Kier alpha value is -0.770. The molecule has 0 saturated heterocycles. The van der Waals surface area contributed by atoms with Crippen LogP contribution in [0.25, 0.3) is 0 Å². The third kappa shape index (κ3) is 2.43. The minimum atomic E-state index is 0.103. The number of nitrogens with one attached hydrogen (secondary N) is 1. The monoisotopic (exact) mass is 271 g/mol. The molecule has 0 aromatic carbocycles. The van der Waals surface area contributed by atoms with Gasteiger partial charge in [-0.1, -0.05) is 15.9 Å². The molecule has 0 radical (unpaired) electrons. The van der Waals surface area contributed by atoms with E-state index in [-0.39, 0.29) is 11.9 Å². The van der Waals surface area contributed by atoms with Crippen LogP contribution in [-0.2, 0) is 11.2 Å². The number of carbonyl (C=O) groups excluding carboxylic acids is 1. The Bertz CT molecular complexity index is 348. The van der Waals surface area contributed by atoms with Gasteiger partial charge in [0.2, 0.25) is 5.91 Å². The van der Waals surface area contributed by atoms with Crippen molar-refractivity contribution >= 4 is 21.8 Å². The maximum atomic E-state index is 11.5. The molecule has 0 saturated carbocycles. The summed E-state index contributed by atoms with van der Waals surface area (Å²) in [5.74, 6) is 1.14. The van der Waals surface area contributed by atoms with Crippen molar-refractivity contribution in [1.82, 2.24) is 5.32 Å². The molecule has 1 atom stereocenters. The molecule has 1 amide bonds. The van der Waals surface area contributed by atoms with E-state index in [9.17, 15) is 4.79 Å². The fourth-order valence-electron chi connectivity index (χ4n) is 1.99. The van der Waals surface area contributed by atoms with E-state index in [1.165, 1.54) is 0 Å². The summed E-state index contributed by atoms with van der Waals surface area (Å²) in [6, 6.07) is 2.12. The molecule has 1 N–H and O–H groups in total. The zero-order valence-electron chi connectivity index (χ0n) is 8.46. The van der Waals surface area contributed by atoms with Crippen LogP contribution in [0.15, 0.2) is 16.7 Å². The third-order valence-corrected chi connectivity index (χ3v) is 3.11. The van der Waals surface area contributed by atoms with Crippen LogP contribution in [0.3, 0.4) is 0 Å². The molecule has 1 aromatic heterocycles. The smallest absolute Gasteiger partial charge is 0.221 e. The van der Waals surface area contributed by atoms with Crippen LogP contribution in [0.5, 0.6) is 0 Å². The maximum Gasteiger partial charge on any atom is 0.221 e. The molecule has 0 fully saturated rings. The second-order valence-electron chi connectivity index (χ2n) is 3.75. The maximum absolute atomic E-state index is 11.5. The van der Waals surface area contributed by atoms with Crippen LogP contribution in [-0.4, -0.2) is 11.2 Å². The van der Waals surface area contributed by atoms with Gasteiger partial charge in [0, 0.05) is 23.7 Å². The number of amides is 1. The number of hydrogen-bond donors (Lipinski definition) is 1. The van der Waals surface area contributed by atoms with Gasteiger partial charge >= 0.3 is 0 Å². The van der Waals surface area contributed by atoms with E-state index in [1.54, 1.807) is 6.26 Å². The average Bonchev–Trinajstić information content (AvgIpc) is 2.67. The number of rotatable bonds is 3. The van der Waals surface area contributed by atoms with Gasteiger partial charge in [0.1, 0.15) is 5.76 Å². The van der Waals surface area contributed by atoms with Gasteiger partial charge in [-0.05, 0) is 18.9 Å². The fourth-order valence-corrected chi connectivity index (χ4v) is 2.35. The third-order valence-electron chi connectivity index (χ3n) is 2.71. The quantitative estimate of drug-likeness (QED) is 0.859. The first-order chi connectivity index (χ1) is 7.31. The average molecular weight is 272 g/mol. The predicted octanol–water partition coefficient (Wildman–Crippen LogP) is 2.56. The molecule has 0 spiro atoms. The van der Waals surface area contributed by atoms with E-state index in [0.717, 1.165) is 30.6 Å². The molecule has 0 aliphatic heterocycles. The number of fused-ring (bicyclic) bond motifs is 1. The van der Waals surface area contributed by atoms with Gasteiger partial charge in [-0.3, -0.25) is 4.79 Å². The molecule has 82 valence electrons. The van der Waals surface area contributed by atoms with E-state index < -0.39 is 0 Å². The minimum absolute atomic E-state index is 0.103. The zero-order valence-corrected chi connectivity index (χ0v) is 10.0. The van der Waals surface area contributed by atoms with Crippen LogP contribution in [0, 0.1) is 0 Å². The summed E-state index contributed by atoms with van der Waals surface area (Å²) in [5.41, 5.74) is 1.16. The SMILES string of the molecule is O=C(CCBr)NC1CCCc2occc21. The lowest BCUT2D eigenvalue weighted by Gasteiger charge is -2.22. The Labute approximate surface area is 97.4 Å². The van der Waals surface area contributed by atoms with Crippen molar-refractivity contribution in [3.8, 4) is 0 Å². The van der Waals surface area contributed by atoms with E-state index in [0.29, 0.717) is 11.8 Å². The van der Waals surface area contributed by atoms with Gasteiger partial charge in [0.25, 0.3) is 0 Å². The Morgan fingerprint density at radius 3 is 3.33 bits per heavy atom. The predicted molar refractivity (Wildman–Crippen MR) is 60.9 cm³/mol. The lowest BCUT2D eigenvalue weighted by molar-refractivity contribution is -0.121. The van der Waals surface area contributed by atoms with Gasteiger partial charge in [-0.15, -0.1) is 0 Å². The summed E-state index contributed by atoms with van der Waals surface area (Å²) in [6.45, 7) is 0. The van der Waals surface area contributed by atoms with Crippen molar-refractivity contribution in [3.63, 3.8) is 0 Å². The van der Waals surface area contributed by atoms with Crippen molar-refractivity contribution in [2.24, 2.45) is 0 Å². The van der Waals surface area contributed by atoms with E-state index in [1.807, 2.05) is 6.07 Å². The van der Waals surface area contributed by atoms with Crippen molar-refractivity contribution in [3.05, 3.63) is 23.7 Å². The van der Waals surface area contributed by atoms with Gasteiger partial charge in [0.05, 0.1) is 12.3 Å². The number of halogens is 1. The van der Waals surface area contributed by atoms with Gasteiger partial charge < -0.3 is 9.73 Å². The highest BCUT2D eigenvalue weighted by atomic mass is 79.9. The normalized spacial score (nSPS) is 19.7. The highest BCUT2D eigenvalue weighted by Crippen LogP contribution is 2.30. The molecule has 1 aliphatic carbocycles. The highest BCUT2D eigenvalue weighted by molar-refractivity contribution is 9.09. The topological polar surface area (TPSA) is 42.2 Å². The Morgan fingerprint density at radius 2 is 2.53 bits per heavy atom. The van der Waals surface area contributed by atoms with Crippen LogP contribution < -0.4 is 5.32 Å². The molecule has 4 heteroatoms. The minimum Gasteiger partial charge on any atom is -0.469 e. The largest absolute Gasteiger partial charge is 0.469 e. The Kier molecular flexibility index (Phi) is 3.46. The summed E-state index contributed by atoms with van der Waals surface area (Å²) in [4.78, 5) is 11.5. The molecule has 0 bridgehead atoms. The van der Waals surface area contributed by atoms with E-state index in [2.05, 4.69) is 21.2 Å². The van der Waals surface area contributed by atoms with E-state index >= 15 is 0 Å². The van der Waals surface area contributed by atoms with Crippen LogP contribution in [0.1, 0.15) is 36.6 Å². The first-order valence-electron chi connectivity index (χ1n) is 5.23. The lowest BCUT2D eigenvalue weighted by atomic mass is 9.93. The number of aryl methyl sites for hydroxylation is 1. The van der Waals surface area contributed by atoms with Crippen molar-refractivity contribution in [2.45, 2.75) is 31.7 Å². The summed E-state index contributed by atoms with van der Waals surface area (Å²) in [6.07, 6.45) is 5.33. The van der Waals surface area contributed by atoms with Gasteiger partial charge in [-0.25, -0.2) is 0 Å². The summed E-state index contributed by atoms with van der Waals surface area (Å²) < 4.78 is 5.37. The summed E-state index contributed by atoms with van der Waals surface area (Å²) in [7, 11) is 0. The first kappa shape index (κ1) is 10.7.